The van der Waals surface area contributed by atoms with Gasteiger partial charge in [-0.15, -0.1) is 0 Å². The third kappa shape index (κ3) is 2.75. The van der Waals surface area contributed by atoms with Crippen LogP contribution in [0.25, 0.3) is 0 Å². The fraction of sp³-hybridized carbons (Fsp3) is 0.500. The van der Waals surface area contributed by atoms with Gasteiger partial charge >= 0.3 is 0 Å². The lowest BCUT2D eigenvalue weighted by Crippen LogP contribution is -2.41. The van der Waals surface area contributed by atoms with Gasteiger partial charge in [0.05, 0.1) is 5.41 Å². The van der Waals surface area contributed by atoms with Gasteiger partial charge in [0, 0.05) is 13.0 Å². The third-order valence-electron chi connectivity index (χ3n) is 4.03. The molecule has 1 unspecified atom stereocenters. The van der Waals surface area contributed by atoms with Crippen LogP contribution in [0.4, 0.5) is 0 Å². The van der Waals surface area contributed by atoms with Gasteiger partial charge in [0.25, 0.3) is 0 Å². The SMILES string of the molecule is Cc1cccc(Cc2noc(C3(C)CCCNC3)n2)c1. The largest absolute Gasteiger partial charge is 0.339 e. The molecule has 0 spiro atoms. The summed E-state index contributed by atoms with van der Waals surface area (Å²) in [5.74, 6) is 1.55. The summed E-state index contributed by atoms with van der Waals surface area (Å²) in [6, 6.07) is 8.44. The summed E-state index contributed by atoms with van der Waals surface area (Å²) in [7, 11) is 0. The van der Waals surface area contributed by atoms with Crippen LogP contribution in [0.15, 0.2) is 28.8 Å². The maximum Gasteiger partial charge on any atom is 0.233 e. The molecule has 1 aromatic carbocycles. The Morgan fingerprint density at radius 3 is 3.05 bits per heavy atom. The zero-order valence-corrected chi connectivity index (χ0v) is 12.1. The second-order valence-corrected chi connectivity index (χ2v) is 6.02. The number of aromatic nitrogens is 2. The Bertz CT molecular complexity index is 585. The van der Waals surface area contributed by atoms with Crippen LogP contribution in [0.3, 0.4) is 0 Å². The molecule has 2 heterocycles. The van der Waals surface area contributed by atoms with Crippen LogP contribution in [0, 0.1) is 6.92 Å². The number of benzene rings is 1. The van der Waals surface area contributed by atoms with Gasteiger partial charge in [-0.2, -0.15) is 4.98 Å². The lowest BCUT2D eigenvalue weighted by atomic mass is 9.83. The number of nitrogens with zero attached hydrogens (tertiary/aromatic N) is 2. The molecule has 0 saturated carbocycles. The Labute approximate surface area is 119 Å². The molecule has 1 aliphatic rings. The summed E-state index contributed by atoms with van der Waals surface area (Å²) < 4.78 is 5.51. The van der Waals surface area contributed by atoms with Crippen molar-refractivity contribution in [2.45, 2.75) is 38.5 Å². The highest BCUT2D eigenvalue weighted by Gasteiger charge is 2.34. The summed E-state index contributed by atoms with van der Waals surface area (Å²) in [6.45, 7) is 6.29. The lowest BCUT2D eigenvalue weighted by Gasteiger charge is -2.30. The van der Waals surface area contributed by atoms with E-state index in [1.54, 1.807) is 0 Å². The molecule has 0 bridgehead atoms. The van der Waals surface area contributed by atoms with Crippen molar-refractivity contribution in [3.63, 3.8) is 0 Å². The molecule has 0 aliphatic carbocycles. The second kappa shape index (κ2) is 5.37. The number of nitrogens with one attached hydrogen (secondary N) is 1. The molecule has 4 heteroatoms. The Hall–Kier alpha value is -1.68. The van der Waals surface area contributed by atoms with E-state index >= 15 is 0 Å². The minimum absolute atomic E-state index is 0.0178. The molecular weight excluding hydrogens is 250 g/mol. The zero-order chi connectivity index (χ0) is 14.0. The summed E-state index contributed by atoms with van der Waals surface area (Å²) in [5.41, 5.74) is 2.47. The first-order valence-corrected chi connectivity index (χ1v) is 7.25. The van der Waals surface area contributed by atoms with Gasteiger partial charge in [0.15, 0.2) is 5.82 Å². The van der Waals surface area contributed by atoms with E-state index < -0.39 is 0 Å². The maximum atomic E-state index is 5.51. The topological polar surface area (TPSA) is 51.0 Å². The summed E-state index contributed by atoms with van der Waals surface area (Å²) >= 11 is 0. The highest BCUT2D eigenvalue weighted by Crippen LogP contribution is 2.29. The minimum atomic E-state index is -0.0178. The number of piperidine rings is 1. The van der Waals surface area contributed by atoms with Gasteiger partial charge in [-0.05, 0) is 38.8 Å². The van der Waals surface area contributed by atoms with Gasteiger partial charge in [-0.3, -0.25) is 0 Å². The molecule has 1 saturated heterocycles. The normalized spacial score (nSPS) is 22.9. The van der Waals surface area contributed by atoms with Crippen molar-refractivity contribution in [2.24, 2.45) is 0 Å². The highest BCUT2D eigenvalue weighted by molar-refractivity contribution is 5.24. The predicted molar refractivity (Wildman–Crippen MR) is 77.7 cm³/mol. The lowest BCUT2D eigenvalue weighted by molar-refractivity contribution is 0.245. The van der Waals surface area contributed by atoms with E-state index in [1.807, 2.05) is 0 Å². The van der Waals surface area contributed by atoms with Gasteiger partial charge < -0.3 is 9.84 Å². The molecule has 0 amide bonds. The van der Waals surface area contributed by atoms with Crippen LogP contribution in [0.5, 0.6) is 0 Å². The Morgan fingerprint density at radius 1 is 1.40 bits per heavy atom. The fourth-order valence-corrected chi connectivity index (χ4v) is 2.81. The van der Waals surface area contributed by atoms with Gasteiger partial charge in [0.1, 0.15) is 0 Å². The van der Waals surface area contributed by atoms with Gasteiger partial charge in [0.2, 0.25) is 5.89 Å². The van der Waals surface area contributed by atoms with Crippen molar-refractivity contribution < 1.29 is 4.52 Å². The smallest absolute Gasteiger partial charge is 0.233 e. The van der Waals surface area contributed by atoms with Crippen LogP contribution < -0.4 is 5.32 Å². The van der Waals surface area contributed by atoms with Crippen molar-refractivity contribution in [2.75, 3.05) is 13.1 Å². The standard InChI is InChI=1S/C16H21N3O/c1-12-5-3-6-13(9-12)10-14-18-15(20-19-14)16(2)7-4-8-17-11-16/h3,5-6,9,17H,4,7-8,10-11H2,1-2H3. The van der Waals surface area contributed by atoms with Crippen LogP contribution in [0.2, 0.25) is 0 Å². The molecule has 4 nitrogen and oxygen atoms in total. The fourth-order valence-electron chi connectivity index (χ4n) is 2.81. The number of hydrogen-bond donors (Lipinski definition) is 1. The van der Waals surface area contributed by atoms with Crippen molar-refractivity contribution in [3.8, 4) is 0 Å². The summed E-state index contributed by atoms with van der Waals surface area (Å²) in [5, 5.41) is 7.56. The van der Waals surface area contributed by atoms with Gasteiger partial charge in [-0.1, -0.05) is 35.0 Å². The predicted octanol–water partition coefficient (Wildman–Crippen LogP) is 2.61. The molecule has 0 radical (unpaired) electrons. The quantitative estimate of drug-likeness (QED) is 0.932. The summed E-state index contributed by atoms with van der Waals surface area (Å²) in [6.07, 6.45) is 2.99. The first-order chi connectivity index (χ1) is 9.66. The van der Waals surface area contributed by atoms with Crippen LogP contribution >= 0.6 is 0 Å². The van der Waals surface area contributed by atoms with Crippen LogP contribution in [0.1, 0.15) is 42.6 Å². The number of rotatable bonds is 3. The van der Waals surface area contributed by atoms with E-state index in [2.05, 4.69) is 53.6 Å². The van der Waals surface area contributed by atoms with Gasteiger partial charge in [-0.25, -0.2) is 0 Å². The molecule has 1 atom stereocenters. The first-order valence-electron chi connectivity index (χ1n) is 7.25. The molecule has 1 aromatic heterocycles. The average molecular weight is 271 g/mol. The second-order valence-electron chi connectivity index (χ2n) is 6.02. The van der Waals surface area contributed by atoms with Crippen molar-refractivity contribution in [3.05, 3.63) is 47.1 Å². The van der Waals surface area contributed by atoms with Crippen molar-refractivity contribution in [1.82, 2.24) is 15.5 Å². The molecule has 1 aliphatic heterocycles. The Morgan fingerprint density at radius 2 is 2.30 bits per heavy atom. The van der Waals surface area contributed by atoms with E-state index in [9.17, 15) is 0 Å². The molecule has 20 heavy (non-hydrogen) atoms. The first kappa shape index (κ1) is 13.3. The number of aryl methyl sites for hydroxylation is 1. The van der Waals surface area contributed by atoms with E-state index in [0.29, 0.717) is 0 Å². The molecule has 1 N–H and O–H groups in total. The molecule has 3 rings (SSSR count). The molecule has 106 valence electrons. The van der Waals surface area contributed by atoms with Crippen molar-refractivity contribution in [1.29, 1.82) is 0 Å². The highest BCUT2D eigenvalue weighted by atomic mass is 16.5. The van der Waals surface area contributed by atoms with Crippen LogP contribution in [-0.2, 0) is 11.8 Å². The Kier molecular flexibility index (Phi) is 3.57. The van der Waals surface area contributed by atoms with E-state index in [-0.39, 0.29) is 5.41 Å². The van der Waals surface area contributed by atoms with Crippen molar-refractivity contribution >= 4 is 0 Å². The summed E-state index contributed by atoms with van der Waals surface area (Å²) in [4.78, 5) is 4.61. The monoisotopic (exact) mass is 271 g/mol. The third-order valence-corrected chi connectivity index (χ3v) is 4.03. The minimum Gasteiger partial charge on any atom is -0.339 e. The molecular formula is C16H21N3O. The number of hydrogen-bond acceptors (Lipinski definition) is 4. The molecule has 2 aromatic rings. The van der Waals surface area contributed by atoms with E-state index in [4.69, 9.17) is 4.52 Å². The zero-order valence-electron chi connectivity index (χ0n) is 12.1. The maximum absolute atomic E-state index is 5.51. The van der Waals surface area contributed by atoms with Crippen LogP contribution in [-0.4, -0.2) is 23.2 Å². The Balaban J connectivity index is 1.76. The molecule has 1 fully saturated rings. The van der Waals surface area contributed by atoms with E-state index in [1.165, 1.54) is 11.1 Å². The van der Waals surface area contributed by atoms with E-state index in [0.717, 1.165) is 44.1 Å². The average Bonchev–Trinajstić information content (AvgIpc) is 2.89.